The highest BCUT2D eigenvalue weighted by atomic mass is 31.1. The zero-order chi connectivity index (χ0) is 6.41. The van der Waals surface area contributed by atoms with Crippen LogP contribution in [0.4, 0.5) is 0 Å². The molecule has 0 rings (SSSR count). The molecule has 0 aromatic heterocycles. The monoisotopic (exact) mass is 139 g/mol. The number of rotatable bonds is 4. The molecule has 0 aliphatic heterocycles. The highest BCUT2D eigenvalue weighted by Gasteiger charge is 1.91. The highest BCUT2D eigenvalue weighted by Crippen LogP contribution is 2.19. The maximum absolute atomic E-state index is 10.2. The quantitative estimate of drug-likeness (QED) is 0.459. The first-order chi connectivity index (χ1) is 3.81. The maximum Gasteiger partial charge on any atom is 0.335 e. The van der Waals surface area contributed by atoms with Crippen LogP contribution in [0.15, 0.2) is 0 Å². The number of hydrogen-bond donors (Lipinski definition) is 1. The van der Waals surface area contributed by atoms with Gasteiger partial charge in [-0.05, 0) is 6.42 Å². The molecule has 1 unspecified atom stereocenters. The van der Waals surface area contributed by atoms with Crippen LogP contribution in [0.2, 0.25) is 0 Å². The molecular formula is C3H10NO3P. The summed E-state index contributed by atoms with van der Waals surface area (Å²) in [6, 6.07) is 0. The molecule has 50 valence electrons. The molecule has 0 spiro atoms. The summed E-state index contributed by atoms with van der Waals surface area (Å²) in [6.45, 7) is 2.35. The fourth-order valence-corrected chi connectivity index (χ4v) is 0.658. The Morgan fingerprint density at radius 1 is 1.75 bits per heavy atom. The van der Waals surface area contributed by atoms with E-state index in [1.54, 1.807) is 0 Å². The molecule has 2 N–H and O–H groups in total. The van der Waals surface area contributed by atoms with Gasteiger partial charge in [0.15, 0.2) is 0 Å². The van der Waals surface area contributed by atoms with Crippen molar-refractivity contribution in [2.24, 2.45) is 5.90 Å². The summed E-state index contributed by atoms with van der Waals surface area (Å²) >= 11 is 0. The molecule has 0 aliphatic carbocycles. The van der Waals surface area contributed by atoms with Crippen molar-refractivity contribution in [3.63, 3.8) is 0 Å². The van der Waals surface area contributed by atoms with Crippen molar-refractivity contribution < 1.29 is 13.7 Å². The molecule has 0 heterocycles. The van der Waals surface area contributed by atoms with Crippen molar-refractivity contribution in [2.75, 3.05) is 6.61 Å². The molecule has 0 aromatic carbocycles. The molecular weight excluding hydrogens is 129 g/mol. The van der Waals surface area contributed by atoms with E-state index in [1.807, 2.05) is 6.92 Å². The fourth-order valence-electron chi connectivity index (χ4n) is 0.219. The van der Waals surface area contributed by atoms with Crippen LogP contribution in [0, 0.1) is 0 Å². The van der Waals surface area contributed by atoms with Gasteiger partial charge >= 0.3 is 8.25 Å². The molecule has 0 bridgehead atoms. The average Bonchev–Trinajstić information content (AvgIpc) is 1.83. The third-order valence-corrected chi connectivity index (χ3v) is 1.15. The van der Waals surface area contributed by atoms with Gasteiger partial charge in [0.05, 0.1) is 6.61 Å². The largest absolute Gasteiger partial charge is 0.335 e. The van der Waals surface area contributed by atoms with E-state index >= 15 is 0 Å². The third-order valence-electron chi connectivity index (χ3n) is 0.520. The van der Waals surface area contributed by atoms with Gasteiger partial charge in [-0.25, -0.2) is 10.5 Å². The minimum atomic E-state index is -2.36. The van der Waals surface area contributed by atoms with Crippen molar-refractivity contribution >= 4 is 8.25 Å². The first-order valence-corrected chi connectivity index (χ1v) is 3.57. The molecule has 8 heavy (non-hydrogen) atoms. The SMILES string of the molecule is CCCO[PH](=O)ON. The first-order valence-electron chi connectivity index (χ1n) is 2.34. The van der Waals surface area contributed by atoms with Crippen LogP contribution < -0.4 is 5.90 Å². The van der Waals surface area contributed by atoms with Gasteiger partial charge in [-0.2, -0.15) is 0 Å². The van der Waals surface area contributed by atoms with Gasteiger partial charge in [0.2, 0.25) is 0 Å². The van der Waals surface area contributed by atoms with Gasteiger partial charge in [0.1, 0.15) is 0 Å². The lowest BCUT2D eigenvalue weighted by Crippen LogP contribution is -1.91. The molecule has 0 saturated heterocycles. The van der Waals surface area contributed by atoms with E-state index in [0.29, 0.717) is 6.61 Å². The highest BCUT2D eigenvalue weighted by molar-refractivity contribution is 7.33. The minimum absolute atomic E-state index is 0.439. The molecule has 1 atom stereocenters. The Morgan fingerprint density at radius 3 is 2.75 bits per heavy atom. The van der Waals surface area contributed by atoms with Crippen molar-refractivity contribution in [2.45, 2.75) is 13.3 Å². The molecule has 0 amide bonds. The second kappa shape index (κ2) is 5.25. The van der Waals surface area contributed by atoms with E-state index in [9.17, 15) is 4.57 Å². The summed E-state index contributed by atoms with van der Waals surface area (Å²) in [5, 5.41) is 0. The summed E-state index contributed by atoms with van der Waals surface area (Å²) in [7, 11) is -2.36. The minimum Gasteiger partial charge on any atom is -0.310 e. The zero-order valence-corrected chi connectivity index (χ0v) is 5.72. The number of nitrogens with two attached hydrogens (primary N) is 1. The van der Waals surface area contributed by atoms with Crippen molar-refractivity contribution in [3.8, 4) is 0 Å². The summed E-state index contributed by atoms with van der Waals surface area (Å²) < 4.78 is 18.6. The topological polar surface area (TPSA) is 61.5 Å². The van der Waals surface area contributed by atoms with Crippen LogP contribution in [0.5, 0.6) is 0 Å². The van der Waals surface area contributed by atoms with Crippen LogP contribution in [-0.4, -0.2) is 6.61 Å². The van der Waals surface area contributed by atoms with E-state index in [-0.39, 0.29) is 0 Å². The lowest BCUT2D eigenvalue weighted by atomic mass is 10.5. The van der Waals surface area contributed by atoms with Crippen molar-refractivity contribution in [1.82, 2.24) is 0 Å². The Morgan fingerprint density at radius 2 is 2.38 bits per heavy atom. The molecule has 0 aliphatic rings. The maximum atomic E-state index is 10.2. The molecule has 5 heteroatoms. The van der Waals surface area contributed by atoms with Gasteiger partial charge in [-0.15, -0.1) is 0 Å². The van der Waals surface area contributed by atoms with Gasteiger partial charge < -0.3 is 4.52 Å². The van der Waals surface area contributed by atoms with Crippen LogP contribution in [-0.2, 0) is 13.7 Å². The Kier molecular flexibility index (Phi) is 5.32. The Balaban J connectivity index is 2.99. The van der Waals surface area contributed by atoms with Gasteiger partial charge in [0, 0.05) is 0 Å². The molecule has 0 saturated carbocycles. The lowest BCUT2D eigenvalue weighted by molar-refractivity contribution is 0.230. The van der Waals surface area contributed by atoms with E-state index in [4.69, 9.17) is 0 Å². The van der Waals surface area contributed by atoms with E-state index < -0.39 is 8.25 Å². The molecule has 0 radical (unpaired) electrons. The summed E-state index contributed by atoms with van der Waals surface area (Å²) in [6.07, 6.45) is 0.819. The van der Waals surface area contributed by atoms with Crippen LogP contribution in [0.25, 0.3) is 0 Å². The first kappa shape index (κ1) is 8.11. The zero-order valence-electron chi connectivity index (χ0n) is 4.72. The Hall–Kier alpha value is 0.110. The smallest absolute Gasteiger partial charge is 0.310 e. The summed E-state index contributed by atoms with van der Waals surface area (Å²) in [5.74, 6) is 4.52. The van der Waals surface area contributed by atoms with Gasteiger partial charge in [-0.1, -0.05) is 6.92 Å². The van der Waals surface area contributed by atoms with Gasteiger partial charge in [-0.3, -0.25) is 4.57 Å². The van der Waals surface area contributed by atoms with Crippen LogP contribution in [0.1, 0.15) is 13.3 Å². The Bertz CT molecular complexity index is 76.9. The van der Waals surface area contributed by atoms with E-state index in [1.165, 1.54) is 0 Å². The average molecular weight is 139 g/mol. The number of hydrogen-bond acceptors (Lipinski definition) is 4. The Labute approximate surface area is 48.9 Å². The fraction of sp³-hybridized carbons (Fsp3) is 1.00. The van der Waals surface area contributed by atoms with Crippen molar-refractivity contribution in [3.05, 3.63) is 0 Å². The molecule has 0 fully saturated rings. The van der Waals surface area contributed by atoms with Crippen molar-refractivity contribution in [1.29, 1.82) is 0 Å². The van der Waals surface area contributed by atoms with E-state index in [2.05, 4.69) is 15.0 Å². The normalized spacial score (nSPS) is 13.8. The predicted octanol–water partition coefficient (Wildman–Crippen LogP) is 0.693. The lowest BCUT2D eigenvalue weighted by Gasteiger charge is -1.96. The molecule has 0 aromatic rings. The third kappa shape index (κ3) is 4.27. The second-order valence-electron chi connectivity index (χ2n) is 1.22. The van der Waals surface area contributed by atoms with Crippen LogP contribution in [0.3, 0.4) is 0 Å². The second-order valence-corrected chi connectivity index (χ2v) is 2.24. The van der Waals surface area contributed by atoms with Gasteiger partial charge in [0.25, 0.3) is 0 Å². The van der Waals surface area contributed by atoms with Crippen LogP contribution >= 0.6 is 8.25 Å². The van der Waals surface area contributed by atoms with E-state index in [0.717, 1.165) is 6.42 Å². The summed E-state index contributed by atoms with van der Waals surface area (Å²) in [4.78, 5) is 0. The molecule has 4 nitrogen and oxygen atoms in total. The standard InChI is InChI=1S/C3H10NO3P/c1-2-3-6-8(5)7-4/h8H,2-4H2,1H3. The predicted molar refractivity (Wildman–Crippen MR) is 30.5 cm³/mol. The summed E-state index contributed by atoms with van der Waals surface area (Å²) in [5.41, 5.74) is 0.